The van der Waals surface area contributed by atoms with E-state index >= 15 is 0 Å². The molecule has 0 bridgehead atoms. The van der Waals surface area contributed by atoms with Gasteiger partial charge >= 0.3 is 0 Å². The number of carbonyl (C=O) groups is 1. The molecule has 0 saturated heterocycles. The summed E-state index contributed by atoms with van der Waals surface area (Å²) in [5.74, 6) is -0.0387. The molecule has 0 aliphatic heterocycles. The van der Waals surface area contributed by atoms with E-state index in [9.17, 15) is 4.79 Å². The average Bonchev–Trinajstić information content (AvgIpc) is 2.16. The third-order valence-electron chi connectivity index (χ3n) is 1.74. The number of hydrogen-bond acceptors (Lipinski definition) is 3. The van der Waals surface area contributed by atoms with Gasteiger partial charge in [-0.1, -0.05) is 13.8 Å². The van der Waals surface area contributed by atoms with Crippen LogP contribution in [0, 0.1) is 0 Å². The van der Waals surface area contributed by atoms with Gasteiger partial charge in [-0.25, -0.2) is 0 Å². The lowest BCUT2D eigenvalue weighted by Crippen LogP contribution is -2.40. The SMILES string of the molecule is CCCOCC(=O)NC[C@@H](C)NCC.Cl. The molecule has 0 unspecified atom stereocenters. The number of nitrogens with one attached hydrogen (secondary N) is 2. The maximum atomic E-state index is 11.2. The highest BCUT2D eigenvalue weighted by Gasteiger charge is 2.03. The Hall–Kier alpha value is -0.320. The summed E-state index contributed by atoms with van der Waals surface area (Å²) in [6.07, 6.45) is 0.946. The van der Waals surface area contributed by atoms with Crippen LogP contribution >= 0.6 is 12.4 Å². The van der Waals surface area contributed by atoms with Crippen molar-refractivity contribution in [3.05, 3.63) is 0 Å². The van der Waals surface area contributed by atoms with Crippen LogP contribution in [0.4, 0.5) is 0 Å². The van der Waals surface area contributed by atoms with Crippen molar-refractivity contribution in [3.8, 4) is 0 Å². The first-order chi connectivity index (χ1) is 6.70. The molecule has 0 fully saturated rings. The molecule has 0 radical (unpaired) electrons. The van der Waals surface area contributed by atoms with Gasteiger partial charge in [-0.15, -0.1) is 12.4 Å². The van der Waals surface area contributed by atoms with E-state index in [0.717, 1.165) is 13.0 Å². The molecular formula is C10H23ClN2O2. The van der Waals surface area contributed by atoms with Crippen LogP contribution in [0.3, 0.4) is 0 Å². The molecule has 4 nitrogen and oxygen atoms in total. The van der Waals surface area contributed by atoms with E-state index in [2.05, 4.69) is 10.6 Å². The minimum atomic E-state index is -0.0387. The summed E-state index contributed by atoms with van der Waals surface area (Å²) in [5.41, 5.74) is 0. The molecule has 0 heterocycles. The van der Waals surface area contributed by atoms with Gasteiger partial charge in [-0.05, 0) is 19.9 Å². The van der Waals surface area contributed by atoms with Gasteiger partial charge in [-0.2, -0.15) is 0 Å². The molecule has 0 aromatic heterocycles. The molecule has 1 amide bonds. The Balaban J connectivity index is 0. The molecule has 0 aliphatic rings. The van der Waals surface area contributed by atoms with E-state index in [1.165, 1.54) is 0 Å². The Bertz CT molecular complexity index is 156. The second kappa shape index (κ2) is 11.8. The van der Waals surface area contributed by atoms with Gasteiger partial charge in [0.2, 0.25) is 5.91 Å². The van der Waals surface area contributed by atoms with E-state index in [4.69, 9.17) is 4.74 Å². The fourth-order valence-electron chi connectivity index (χ4n) is 1.05. The Labute approximate surface area is 98.6 Å². The standard InChI is InChI=1S/C10H22N2O2.ClH/c1-4-6-14-8-10(13)12-7-9(3)11-5-2;/h9,11H,4-8H2,1-3H3,(H,12,13);1H/t9-;/m1./s1. The second-order valence-corrected chi connectivity index (χ2v) is 3.32. The highest BCUT2D eigenvalue weighted by atomic mass is 35.5. The maximum Gasteiger partial charge on any atom is 0.246 e. The molecule has 0 aromatic carbocycles. The molecule has 0 aliphatic carbocycles. The minimum absolute atomic E-state index is 0. The number of hydrogen-bond donors (Lipinski definition) is 2. The summed E-state index contributed by atoms with van der Waals surface area (Å²) in [5, 5.41) is 6.01. The fourth-order valence-corrected chi connectivity index (χ4v) is 1.05. The van der Waals surface area contributed by atoms with Gasteiger partial charge in [0.25, 0.3) is 0 Å². The predicted octanol–water partition coefficient (Wildman–Crippen LogP) is 0.949. The minimum Gasteiger partial charge on any atom is -0.372 e. The largest absolute Gasteiger partial charge is 0.372 e. The number of likely N-dealkylation sites (N-methyl/N-ethyl adjacent to an activating group) is 1. The van der Waals surface area contributed by atoms with Gasteiger partial charge in [0.15, 0.2) is 0 Å². The smallest absolute Gasteiger partial charge is 0.246 e. The van der Waals surface area contributed by atoms with Crippen LogP contribution in [0.5, 0.6) is 0 Å². The third-order valence-corrected chi connectivity index (χ3v) is 1.74. The summed E-state index contributed by atoms with van der Waals surface area (Å²) >= 11 is 0. The highest BCUT2D eigenvalue weighted by molar-refractivity contribution is 5.85. The summed E-state index contributed by atoms with van der Waals surface area (Å²) < 4.78 is 5.10. The Morgan fingerprint density at radius 3 is 2.60 bits per heavy atom. The van der Waals surface area contributed by atoms with Crippen molar-refractivity contribution in [2.45, 2.75) is 33.2 Å². The van der Waals surface area contributed by atoms with E-state index in [1.807, 2.05) is 20.8 Å². The van der Waals surface area contributed by atoms with Crippen LogP contribution in [0.25, 0.3) is 0 Å². The molecule has 15 heavy (non-hydrogen) atoms. The molecule has 1 atom stereocenters. The monoisotopic (exact) mass is 238 g/mol. The molecule has 0 aromatic rings. The average molecular weight is 239 g/mol. The van der Waals surface area contributed by atoms with E-state index in [0.29, 0.717) is 19.2 Å². The Morgan fingerprint density at radius 1 is 1.40 bits per heavy atom. The molecule has 0 saturated carbocycles. The van der Waals surface area contributed by atoms with Crippen molar-refractivity contribution in [1.82, 2.24) is 10.6 Å². The van der Waals surface area contributed by atoms with Gasteiger partial charge in [-0.3, -0.25) is 4.79 Å². The zero-order valence-corrected chi connectivity index (χ0v) is 10.7. The molecule has 2 N–H and O–H groups in total. The van der Waals surface area contributed by atoms with E-state index in [-0.39, 0.29) is 24.9 Å². The quantitative estimate of drug-likeness (QED) is 0.619. The Kier molecular flexibility index (Phi) is 13.4. The molecular weight excluding hydrogens is 216 g/mol. The number of ether oxygens (including phenoxy) is 1. The van der Waals surface area contributed by atoms with Crippen molar-refractivity contribution < 1.29 is 9.53 Å². The third kappa shape index (κ3) is 11.6. The Morgan fingerprint density at radius 2 is 2.07 bits per heavy atom. The van der Waals surface area contributed by atoms with Gasteiger partial charge in [0.1, 0.15) is 6.61 Å². The van der Waals surface area contributed by atoms with Crippen LogP contribution in [-0.4, -0.2) is 38.3 Å². The van der Waals surface area contributed by atoms with Gasteiger partial charge in [0, 0.05) is 19.2 Å². The number of halogens is 1. The van der Waals surface area contributed by atoms with Crippen LogP contribution in [0.1, 0.15) is 27.2 Å². The fraction of sp³-hybridized carbons (Fsp3) is 0.900. The summed E-state index contributed by atoms with van der Waals surface area (Å²) in [6, 6.07) is 0.315. The number of carbonyl (C=O) groups excluding carboxylic acids is 1. The van der Waals surface area contributed by atoms with E-state index in [1.54, 1.807) is 0 Å². The summed E-state index contributed by atoms with van der Waals surface area (Å²) in [4.78, 5) is 11.2. The van der Waals surface area contributed by atoms with Gasteiger partial charge in [0.05, 0.1) is 0 Å². The van der Waals surface area contributed by atoms with Gasteiger partial charge < -0.3 is 15.4 Å². The first kappa shape index (κ1) is 17.1. The van der Waals surface area contributed by atoms with Crippen LogP contribution < -0.4 is 10.6 Å². The summed E-state index contributed by atoms with van der Waals surface area (Å²) in [6.45, 7) is 8.50. The molecule has 0 spiro atoms. The first-order valence-corrected chi connectivity index (χ1v) is 5.28. The molecule has 0 rings (SSSR count). The molecule has 92 valence electrons. The van der Waals surface area contributed by atoms with Crippen molar-refractivity contribution in [3.63, 3.8) is 0 Å². The van der Waals surface area contributed by atoms with E-state index < -0.39 is 0 Å². The van der Waals surface area contributed by atoms with Crippen molar-refractivity contribution in [2.24, 2.45) is 0 Å². The molecule has 5 heteroatoms. The zero-order valence-electron chi connectivity index (χ0n) is 9.84. The zero-order chi connectivity index (χ0) is 10.8. The predicted molar refractivity (Wildman–Crippen MR) is 64.5 cm³/mol. The second-order valence-electron chi connectivity index (χ2n) is 3.32. The van der Waals surface area contributed by atoms with Crippen LogP contribution in [-0.2, 0) is 9.53 Å². The lowest BCUT2D eigenvalue weighted by atomic mass is 10.3. The topological polar surface area (TPSA) is 50.4 Å². The maximum absolute atomic E-state index is 11.2. The highest BCUT2D eigenvalue weighted by Crippen LogP contribution is 1.81. The first-order valence-electron chi connectivity index (χ1n) is 5.28. The van der Waals surface area contributed by atoms with Crippen LogP contribution in [0.15, 0.2) is 0 Å². The normalized spacial score (nSPS) is 11.7. The lowest BCUT2D eigenvalue weighted by molar-refractivity contribution is -0.125. The van der Waals surface area contributed by atoms with Crippen molar-refractivity contribution in [1.29, 1.82) is 0 Å². The number of rotatable bonds is 8. The van der Waals surface area contributed by atoms with Crippen LogP contribution in [0.2, 0.25) is 0 Å². The van der Waals surface area contributed by atoms with Crippen molar-refractivity contribution in [2.75, 3.05) is 26.3 Å². The lowest BCUT2D eigenvalue weighted by Gasteiger charge is -2.13. The number of amides is 1. The summed E-state index contributed by atoms with van der Waals surface area (Å²) in [7, 11) is 0. The van der Waals surface area contributed by atoms with Crippen molar-refractivity contribution >= 4 is 18.3 Å².